The number of pyridine rings is 3. The molecule has 9 heteroatoms. The van der Waals surface area contributed by atoms with Crippen molar-refractivity contribution in [1.82, 2.24) is 35.1 Å². The number of imidazole rings is 1. The average molecular weight is 437 g/mol. The second kappa shape index (κ2) is 7.17. The largest absolute Gasteiger partial charge is 0.336 e. The molecule has 0 radical (unpaired) electrons. The van der Waals surface area contributed by atoms with Crippen molar-refractivity contribution in [2.45, 2.75) is 6.92 Å². The molecule has 0 spiro atoms. The van der Waals surface area contributed by atoms with E-state index in [1.165, 1.54) is 11.3 Å². The van der Waals surface area contributed by atoms with E-state index in [1.807, 2.05) is 36.4 Å². The molecule has 6 rings (SSSR count). The van der Waals surface area contributed by atoms with E-state index in [4.69, 9.17) is 4.98 Å². The number of carbonyl (C=O) groups excluding carboxylic acids is 1. The topological polar surface area (TPSA) is 113 Å². The molecule has 0 bridgehead atoms. The highest BCUT2D eigenvalue weighted by molar-refractivity contribution is 7.17. The Morgan fingerprint density at radius 2 is 1.84 bits per heavy atom. The minimum Gasteiger partial charge on any atom is -0.336 e. The van der Waals surface area contributed by atoms with Crippen molar-refractivity contribution in [2.75, 3.05) is 0 Å². The van der Waals surface area contributed by atoms with Crippen molar-refractivity contribution in [1.29, 1.82) is 0 Å². The van der Waals surface area contributed by atoms with Gasteiger partial charge in [0.15, 0.2) is 11.6 Å². The van der Waals surface area contributed by atoms with Crippen LogP contribution in [0.4, 0.5) is 0 Å². The van der Waals surface area contributed by atoms with E-state index in [0.717, 1.165) is 43.8 Å². The number of hydrogen-bond acceptors (Lipinski definition) is 7. The number of aromatic nitrogens is 7. The van der Waals surface area contributed by atoms with Crippen LogP contribution in [0, 0.1) is 0 Å². The van der Waals surface area contributed by atoms with Crippen molar-refractivity contribution in [3.05, 3.63) is 66.1 Å². The second-order valence-electron chi connectivity index (χ2n) is 7.28. The van der Waals surface area contributed by atoms with E-state index in [1.54, 1.807) is 31.7 Å². The van der Waals surface area contributed by atoms with E-state index in [0.29, 0.717) is 16.4 Å². The smallest absolute Gasteiger partial charge is 0.169 e. The van der Waals surface area contributed by atoms with Crippen LogP contribution in [-0.4, -0.2) is 40.9 Å². The third kappa shape index (κ3) is 2.98. The van der Waals surface area contributed by atoms with Crippen molar-refractivity contribution in [3.63, 3.8) is 0 Å². The highest BCUT2D eigenvalue weighted by Gasteiger charge is 2.18. The van der Waals surface area contributed by atoms with Gasteiger partial charge in [0.1, 0.15) is 16.9 Å². The van der Waals surface area contributed by atoms with Crippen LogP contribution in [0.15, 0.2) is 61.2 Å². The molecule has 8 nitrogen and oxygen atoms in total. The van der Waals surface area contributed by atoms with Gasteiger partial charge in [0.25, 0.3) is 0 Å². The molecule has 6 aromatic heterocycles. The van der Waals surface area contributed by atoms with Gasteiger partial charge < -0.3 is 4.98 Å². The van der Waals surface area contributed by atoms with Crippen molar-refractivity contribution in [3.8, 4) is 33.3 Å². The molecule has 0 atom stereocenters. The molecule has 0 aliphatic heterocycles. The number of hydrogen-bond donors (Lipinski definition) is 2. The van der Waals surface area contributed by atoms with Gasteiger partial charge in [0.05, 0.1) is 32.7 Å². The van der Waals surface area contributed by atoms with Gasteiger partial charge in [-0.2, -0.15) is 5.10 Å². The van der Waals surface area contributed by atoms with E-state index < -0.39 is 0 Å². The fraction of sp³-hybridized carbons (Fsp3) is 0.0435. The summed E-state index contributed by atoms with van der Waals surface area (Å²) in [5, 5.41) is 8.44. The number of carbonyl (C=O) groups is 1. The summed E-state index contributed by atoms with van der Waals surface area (Å²) in [6.45, 7) is 1.56. The summed E-state index contributed by atoms with van der Waals surface area (Å²) in [4.78, 5) is 34.6. The van der Waals surface area contributed by atoms with E-state index >= 15 is 0 Å². The van der Waals surface area contributed by atoms with E-state index in [-0.39, 0.29) is 5.78 Å². The lowest BCUT2D eigenvalue weighted by Gasteiger charge is -2.00. The number of nitrogens with zero attached hydrogens (tertiary/aromatic N) is 5. The minimum absolute atomic E-state index is 0.0396. The average Bonchev–Trinajstić information content (AvgIpc) is 3.56. The number of H-pyrrole nitrogens is 2. The maximum Gasteiger partial charge on any atom is 0.169 e. The number of rotatable bonds is 4. The molecule has 0 unspecified atom stereocenters. The van der Waals surface area contributed by atoms with Crippen LogP contribution in [0.25, 0.3) is 55.3 Å². The van der Waals surface area contributed by atoms with Gasteiger partial charge in [-0.3, -0.25) is 24.8 Å². The summed E-state index contributed by atoms with van der Waals surface area (Å²) < 4.78 is 0. The molecule has 0 aliphatic carbocycles. The molecule has 0 aromatic carbocycles. The fourth-order valence-corrected chi connectivity index (χ4v) is 4.56. The maximum absolute atomic E-state index is 11.7. The summed E-state index contributed by atoms with van der Waals surface area (Å²) in [7, 11) is 0. The third-order valence-corrected chi connectivity index (χ3v) is 6.43. The third-order valence-electron chi connectivity index (χ3n) is 5.23. The Labute approximate surface area is 185 Å². The number of nitrogens with one attached hydrogen (secondary N) is 2. The van der Waals surface area contributed by atoms with Gasteiger partial charge in [0, 0.05) is 29.5 Å². The highest BCUT2D eigenvalue weighted by atomic mass is 32.1. The van der Waals surface area contributed by atoms with Crippen LogP contribution < -0.4 is 0 Å². The van der Waals surface area contributed by atoms with Crippen LogP contribution >= 0.6 is 11.3 Å². The van der Waals surface area contributed by atoms with Crippen molar-refractivity contribution in [2.24, 2.45) is 0 Å². The lowest BCUT2D eigenvalue weighted by atomic mass is 10.1. The molecule has 0 saturated heterocycles. The molecule has 0 aliphatic rings. The monoisotopic (exact) mass is 437 g/mol. The van der Waals surface area contributed by atoms with E-state index in [9.17, 15) is 4.79 Å². The number of thiophene rings is 1. The van der Waals surface area contributed by atoms with Crippen molar-refractivity contribution < 1.29 is 4.79 Å². The molecular formula is C23H15N7OS. The highest BCUT2D eigenvalue weighted by Crippen LogP contribution is 2.34. The minimum atomic E-state index is 0.0396. The molecule has 6 aromatic rings. The van der Waals surface area contributed by atoms with Gasteiger partial charge in [-0.05, 0) is 43.3 Å². The quantitative estimate of drug-likeness (QED) is 0.380. The Kier molecular flexibility index (Phi) is 4.15. The van der Waals surface area contributed by atoms with Gasteiger partial charge in [-0.1, -0.05) is 0 Å². The Morgan fingerprint density at radius 3 is 2.66 bits per heavy atom. The number of fused-ring (bicyclic) bond motifs is 2. The lowest BCUT2D eigenvalue weighted by molar-refractivity contribution is 0.102. The van der Waals surface area contributed by atoms with Crippen LogP contribution in [0.2, 0.25) is 0 Å². The lowest BCUT2D eigenvalue weighted by Crippen LogP contribution is -1.85. The Bertz CT molecular complexity index is 1610. The standard InChI is InChI=1S/C23H15N7OS/c1-12(31)18-2-3-19(32-18)22-21-15(6-9-25-22)27-23(28-21)20-14-10-16(13-4-7-24-8-5-13)26-11-17(14)29-30-20/h2-11H,1H3,(H,27,28)(H,29,30). The normalized spacial score (nSPS) is 11.4. The first kappa shape index (κ1) is 18.5. The molecule has 0 amide bonds. The Balaban J connectivity index is 1.49. The number of Topliss-reactive ketones (excluding diaryl/α,β-unsaturated/α-hetero) is 1. The summed E-state index contributed by atoms with van der Waals surface area (Å²) in [6, 6.07) is 11.5. The number of ketones is 1. The molecule has 6 heterocycles. The van der Waals surface area contributed by atoms with Crippen LogP contribution in [-0.2, 0) is 0 Å². The molecule has 0 fully saturated rings. The first-order valence-corrected chi connectivity index (χ1v) is 10.7. The molecule has 2 N–H and O–H groups in total. The Hall–Kier alpha value is -4.24. The van der Waals surface area contributed by atoms with Crippen molar-refractivity contribution >= 4 is 39.1 Å². The van der Waals surface area contributed by atoms with Gasteiger partial charge in [-0.25, -0.2) is 4.98 Å². The SMILES string of the molecule is CC(=O)c1ccc(-c2nccc3[nH]c(-c4n[nH]c5cnc(-c6ccncc6)cc45)nc23)s1. The zero-order valence-corrected chi connectivity index (χ0v) is 17.6. The summed E-state index contributed by atoms with van der Waals surface area (Å²) in [5.41, 5.74) is 5.65. The summed E-state index contributed by atoms with van der Waals surface area (Å²) >= 11 is 1.42. The van der Waals surface area contributed by atoms with Gasteiger partial charge in [-0.15, -0.1) is 11.3 Å². The zero-order chi connectivity index (χ0) is 21.7. The van der Waals surface area contributed by atoms with Crippen LogP contribution in [0.5, 0.6) is 0 Å². The summed E-state index contributed by atoms with van der Waals surface area (Å²) in [5.74, 6) is 0.675. The van der Waals surface area contributed by atoms with Gasteiger partial charge in [0.2, 0.25) is 0 Å². The molecule has 154 valence electrons. The Morgan fingerprint density at radius 1 is 0.969 bits per heavy atom. The van der Waals surface area contributed by atoms with Crippen LogP contribution in [0.1, 0.15) is 16.6 Å². The first-order chi connectivity index (χ1) is 15.7. The first-order valence-electron chi connectivity index (χ1n) is 9.88. The predicted molar refractivity (Wildman–Crippen MR) is 123 cm³/mol. The van der Waals surface area contributed by atoms with Crippen LogP contribution in [0.3, 0.4) is 0 Å². The van der Waals surface area contributed by atoms with Gasteiger partial charge >= 0.3 is 0 Å². The summed E-state index contributed by atoms with van der Waals surface area (Å²) in [6.07, 6.45) is 6.99. The number of aromatic amines is 2. The zero-order valence-electron chi connectivity index (χ0n) is 16.8. The van der Waals surface area contributed by atoms with E-state index in [2.05, 4.69) is 30.1 Å². The molecule has 0 saturated carbocycles. The maximum atomic E-state index is 11.7. The fourth-order valence-electron chi connectivity index (χ4n) is 3.66. The molecular weight excluding hydrogens is 422 g/mol. The second-order valence-corrected chi connectivity index (χ2v) is 8.37. The molecule has 32 heavy (non-hydrogen) atoms. The predicted octanol–water partition coefficient (Wildman–Crippen LogP) is 4.89.